The number of rotatable bonds is 7. The van der Waals surface area contributed by atoms with E-state index in [1.807, 2.05) is 0 Å². The summed E-state index contributed by atoms with van der Waals surface area (Å²) in [5.74, 6) is 0. The van der Waals surface area contributed by atoms with E-state index < -0.39 is 0 Å². The zero-order chi connectivity index (χ0) is 13.6. The van der Waals surface area contributed by atoms with E-state index in [2.05, 4.69) is 72.9 Å². The van der Waals surface area contributed by atoms with Crippen molar-refractivity contribution in [1.82, 2.24) is 5.32 Å². The van der Waals surface area contributed by atoms with E-state index in [1.54, 1.807) is 7.11 Å². The predicted octanol–water partition coefficient (Wildman–Crippen LogP) is 4.15. The van der Waals surface area contributed by atoms with Gasteiger partial charge in [0.15, 0.2) is 0 Å². The summed E-state index contributed by atoms with van der Waals surface area (Å²) < 4.78 is 6.83. The quantitative estimate of drug-likeness (QED) is 0.737. The summed E-state index contributed by atoms with van der Waals surface area (Å²) in [5.41, 5.74) is 1.35. The lowest BCUT2D eigenvalue weighted by Crippen LogP contribution is -2.27. The predicted molar refractivity (Wildman–Crippen MR) is 85.9 cm³/mol. The van der Waals surface area contributed by atoms with Crippen LogP contribution in [0.15, 0.2) is 24.3 Å². The van der Waals surface area contributed by atoms with Gasteiger partial charge in [-0.3, -0.25) is 0 Å². The van der Waals surface area contributed by atoms with Gasteiger partial charge in [-0.1, -0.05) is 25.1 Å². The van der Waals surface area contributed by atoms with Crippen LogP contribution in [0, 0.1) is 3.57 Å². The van der Waals surface area contributed by atoms with Crippen LogP contribution >= 0.6 is 22.6 Å². The Morgan fingerprint density at radius 2 is 2.00 bits per heavy atom. The molecule has 0 saturated heterocycles. The van der Waals surface area contributed by atoms with Crippen molar-refractivity contribution in [3.05, 3.63) is 33.4 Å². The van der Waals surface area contributed by atoms with Gasteiger partial charge in [-0.15, -0.1) is 0 Å². The second-order valence-electron chi connectivity index (χ2n) is 5.13. The second-order valence-corrected chi connectivity index (χ2v) is 6.30. The maximum absolute atomic E-state index is 5.50. The number of halogens is 1. The summed E-state index contributed by atoms with van der Waals surface area (Å²) in [5, 5.41) is 3.58. The van der Waals surface area contributed by atoms with Crippen molar-refractivity contribution in [3.63, 3.8) is 0 Å². The molecule has 0 spiro atoms. The Morgan fingerprint density at radius 1 is 1.33 bits per heavy atom. The maximum Gasteiger partial charge on any atom is 0.0623 e. The lowest BCUT2D eigenvalue weighted by Gasteiger charge is -2.27. The molecule has 102 valence electrons. The van der Waals surface area contributed by atoms with Crippen LogP contribution in [-0.4, -0.2) is 19.3 Å². The van der Waals surface area contributed by atoms with E-state index in [0.717, 1.165) is 19.4 Å². The number of benzene rings is 1. The van der Waals surface area contributed by atoms with E-state index in [9.17, 15) is 0 Å². The van der Waals surface area contributed by atoms with Crippen LogP contribution in [0.4, 0.5) is 0 Å². The van der Waals surface area contributed by atoms with Crippen molar-refractivity contribution in [2.75, 3.05) is 13.7 Å². The molecule has 1 aromatic carbocycles. The Balaban J connectivity index is 2.75. The fourth-order valence-corrected chi connectivity index (χ4v) is 2.73. The largest absolute Gasteiger partial charge is 0.379 e. The molecule has 2 nitrogen and oxygen atoms in total. The Kier molecular flexibility index (Phi) is 6.60. The number of hydrogen-bond acceptors (Lipinski definition) is 2. The highest BCUT2D eigenvalue weighted by Crippen LogP contribution is 2.27. The molecular formula is C15H24INO. The van der Waals surface area contributed by atoms with Crippen molar-refractivity contribution in [1.29, 1.82) is 0 Å². The fraction of sp³-hybridized carbons (Fsp3) is 0.600. The van der Waals surface area contributed by atoms with Crippen LogP contribution in [0.1, 0.15) is 45.2 Å². The van der Waals surface area contributed by atoms with Gasteiger partial charge in [-0.05, 0) is 67.5 Å². The number of hydrogen-bond donors (Lipinski definition) is 1. The molecule has 1 aromatic rings. The summed E-state index contributed by atoms with van der Waals surface area (Å²) in [6.07, 6.45) is 2.14. The first-order valence-electron chi connectivity index (χ1n) is 6.53. The molecule has 0 fully saturated rings. The van der Waals surface area contributed by atoms with Gasteiger partial charge >= 0.3 is 0 Å². The van der Waals surface area contributed by atoms with Crippen LogP contribution in [0.25, 0.3) is 0 Å². The fourth-order valence-electron chi connectivity index (χ4n) is 1.97. The van der Waals surface area contributed by atoms with E-state index in [-0.39, 0.29) is 5.60 Å². The van der Waals surface area contributed by atoms with Crippen LogP contribution in [0.3, 0.4) is 0 Å². The highest BCUT2D eigenvalue weighted by molar-refractivity contribution is 14.1. The summed E-state index contributed by atoms with van der Waals surface area (Å²) in [7, 11) is 1.79. The molecular weight excluding hydrogens is 337 g/mol. The Hall–Kier alpha value is -0.130. The van der Waals surface area contributed by atoms with Gasteiger partial charge in [0.2, 0.25) is 0 Å². The lowest BCUT2D eigenvalue weighted by molar-refractivity contribution is 0.0117. The number of nitrogens with one attached hydrogen (secondary N) is 1. The van der Waals surface area contributed by atoms with E-state index in [0.29, 0.717) is 6.04 Å². The highest BCUT2D eigenvalue weighted by Gasteiger charge is 2.20. The third-order valence-corrected chi connectivity index (χ3v) is 4.30. The monoisotopic (exact) mass is 361 g/mol. The molecule has 0 saturated carbocycles. The molecule has 0 aromatic heterocycles. The van der Waals surface area contributed by atoms with Gasteiger partial charge in [0.1, 0.15) is 0 Å². The van der Waals surface area contributed by atoms with Gasteiger partial charge in [0.25, 0.3) is 0 Å². The first-order valence-corrected chi connectivity index (χ1v) is 7.61. The minimum atomic E-state index is -0.0477. The molecule has 1 N–H and O–H groups in total. The van der Waals surface area contributed by atoms with Gasteiger partial charge < -0.3 is 10.1 Å². The van der Waals surface area contributed by atoms with Crippen molar-refractivity contribution < 1.29 is 4.74 Å². The molecule has 0 bridgehead atoms. The summed E-state index contributed by atoms with van der Waals surface area (Å²) in [4.78, 5) is 0. The molecule has 1 rings (SSSR count). The molecule has 0 aliphatic rings. The molecule has 0 amide bonds. The third-order valence-electron chi connectivity index (χ3n) is 3.32. The Labute approximate surface area is 125 Å². The normalized spacial score (nSPS) is 13.6. The number of ether oxygens (including phenoxy) is 1. The van der Waals surface area contributed by atoms with Crippen LogP contribution < -0.4 is 5.32 Å². The zero-order valence-corrected chi connectivity index (χ0v) is 14.0. The first-order chi connectivity index (χ1) is 8.50. The Morgan fingerprint density at radius 3 is 2.56 bits per heavy atom. The average molecular weight is 361 g/mol. The minimum absolute atomic E-state index is 0.0477. The van der Waals surface area contributed by atoms with Gasteiger partial charge in [0, 0.05) is 16.7 Å². The zero-order valence-electron chi connectivity index (χ0n) is 11.8. The maximum atomic E-state index is 5.50. The lowest BCUT2D eigenvalue weighted by atomic mass is 9.95. The minimum Gasteiger partial charge on any atom is -0.379 e. The molecule has 3 heteroatoms. The van der Waals surface area contributed by atoms with Crippen molar-refractivity contribution >= 4 is 22.6 Å². The molecule has 0 aliphatic heterocycles. The smallest absolute Gasteiger partial charge is 0.0623 e. The first kappa shape index (κ1) is 15.9. The van der Waals surface area contributed by atoms with Gasteiger partial charge in [0.05, 0.1) is 5.60 Å². The van der Waals surface area contributed by atoms with E-state index in [1.165, 1.54) is 9.13 Å². The summed E-state index contributed by atoms with van der Waals surface area (Å²) >= 11 is 2.41. The van der Waals surface area contributed by atoms with Crippen LogP contribution in [0.5, 0.6) is 0 Å². The summed E-state index contributed by atoms with van der Waals surface area (Å²) in [6.45, 7) is 7.44. The van der Waals surface area contributed by atoms with Crippen molar-refractivity contribution in [2.24, 2.45) is 0 Å². The van der Waals surface area contributed by atoms with Crippen molar-refractivity contribution in [3.8, 4) is 0 Å². The highest BCUT2D eigenvalue weighted by atomic mass is 127. The Bertz CT molecular complexity index is 365. The SMILES string of the molecule is CCNC(CCC(C)(C)OC)c1ccccc1I. The molecule has 1 atom stereocenters. The molecule has 18 heavy (non-hydrogen) atoms. The average Bonchev–Trinajstić information content (AvgIpc) is 2.35. The van der Waals surface area contributed by atoms with E-state index in [4.69, 9.17) is 4.74 Å². The van der Waals surface area contributed by atoms with Gasteiger partial charge in [-0.2, -0.15) is 0 Å². The second kappa shape index (κ2) is 7.46. The van der Waals surface area contributed by atoms with Gasteiger partial charge in [-0.25, -0.2) is 0 Å². The molecule has 1 unspecified atom stereocenters. The van der Waals surface area contributed by atoms with Crippen LogP contribution in [0.2, 0.25) is 0 Å². The van der Waals surface area contributed by atoms with Crippen LogP contribution in [-0.2, 0) is 4.74 Å². The third kappa shape index (κ3) is 4.86. The molecule has 0 aliphatic carbocycles. The van der Waals surface area contributed by atoms with E-state index >= 15 is 0 Å². The standard InChI is InChI=1S/C15H24INO/c1-5-17-14(10-11-15(2,3)18-4)12-8-6-7-9-13(12)16/h6-9,14,17H,5,10-11H2,1-4H3. The molecule has 0 radical (unpaired) electrons. The van der Waals surface area contributed by atoms with Crippen molar-refractivity contribution in [2.45, 2.75) is 45.3 Å². The number of methoxy groups -OCH3 is 1. The topological polar surface area (TPSA) is 21.3 Å². The summed E-state index contributed by atoms with van der Waals surface area (Å²) in [6, 6.07) is 9.00. The molecule has 0 heterocycles.